The minimum Gasteiger partial charge on any atom is -0.483 e. The van der Waals surface area contributed by atoms with Crippen molar-refractivity contribution >= 4 is 28.2 Å². The highest BCUT2D eigenvalue weighted by Gasteiger charge is 2.28. The second-order valence-corrected chi connectivity index (χ2v) is 7.75. The summed E-state index contributed by atoms with van der Waals surface area (Å²) in [4.78, 5) is 25.8. The number of benzene rings is 1. The van der Waals surface area contributed by atoms with Gasteiger partial charge in [0.15, 0.2) is 6.61 Å². The van der Waals surface area contributed by atoms with Crippen LogP contribution in [0.2, 0.25) is 0 Å². The molecule has 6 heteroatoms. The first-order chi connectivity index (χ1) is 12.5. The van der Waals surface area contributed by atoms with Crippen LogP contribution >= 0.6 is 11.3 Å². The van der Waals surface area contributed by atoms with Gasteiger partial charge in [0, 0.05) is 4.88 Å². The van der Waals surface area contributed by atoms with Crippen LogP contribution in [0.5, 0.6) is 5.75 Å². The molecule has 0 radical (unpaired) electrons. The Morgan fingerprint density at radius 2 is 2.08 bits per heavy atom. The highest BCUT2D eigenvalue weighted by atomic mass is 32.1. The van der Waals surface area contributed by atoms with Crippen molar-refractivity contribution in [2.24, 2.45) is 5.92 Å². The molecule has 26 heavy (non-hydrogen) atoms. The van der Waals surface area contributed by atoms with Crippen molar-refractivity contribution in [3.63, 3.8) is 0 Å². The summed E-state index contributed by atoms with van der Waals surface area (Å²) in [6, 6.07) is 7.54. The maximum Gasteiger partial charge on any atom is 0.341 e. The molecule has 0 spiro atoms. The quantitative estimate of drug-likeness (QED) is 0.805. The lowest BCUT2D eigenvalue weighted by Crippen LogP contribution is -2.21. The van der Waals surface area contributed by atoms with Crippen LogP contribution in [-0.4, -0.2) is 25.6 Å². The second kappa shape index (κ2) is 7.91. The fourth-order valence-electron chi connectivity index (χ4n) is 3.18. The summed E-state index contributed by atoms with van der Waals surface area (Å²) in [5.41, 5.74) is 2.50. The number of amides is 1. The summed E-state index contributed by atoms with van der Waals surface area (Å²) >= 11 is 1.47. The summed E-state index contributed by atoms with van der Waals surface area (Å²) in [6.07, 6.45) is 2.81. The zero-order valence-electron chi connectivity index (χ0n) is 15.3. The van der Waals surface area contributed by atoms with Gasteiger partial charge in [-0.1, -0.05) is 25.1 Å². The SMILES string of the molecule is COC(=O)c1c(NC(=O)COc2ccccc2C)sc2c1CCC(C)C2. The summed E-state index contributed by atoms with van der Waals surface area (Å²) < 4.78 is 10.5. The number of ether oxygens (including phenoxy) is 2. The summed E-state index contributed by atoms with van der Waals surface area (Å²) in [5, 5.41) is 3.41. The third-order valence-electron chi connectivity index (χ3n) is 4.61. The number of thiophene rings is 1. The molecule has 5 nitrogen and oxygen atoms in total. The van der Waals surface area contributed by atoms with Crippen LogP contribution in [0.15, 0.2) is 24.3 Å². The van der Waals surface area contributed by atoms with E-state index < -0.39 is 5.97 Å². The van der Waals surface area contributed by atoms with E-state index in [0.29, 0.717) is 22.2 Å². The average Bonchev–Trinajstić information content (AvgIpc) is 2.97. The van der Waals surface area contributed by atoms with Crippen LogP contribution in [0, 0.1) is 12.8 Å². The van der Waals surface area contributed by atoms with Gasteiger partial charge in [-0.2, -0.15) is 0 Å². The van der Waals surface area contributed by atoms with Crippen LogP contribution in [0.4, 0.5) is 5.00 Å². The predicted molar refractivity (Wildman–Crippen MR) is 102 cm³/mol. The van der Waals surface area contributed by atoms with Crippen LogP contribution < -0.4 is 10.1 Å². The number of rotatable bonds is 5. The third kappa shape index (κ3) is 3.90. The van der Waals surface area contributed by atoms with E-state index >= 15 is 0 Å². The smallest absolute Gasteiger partial charge is 0.341 e. The van der Waals surface area contributed by atoms with Gasteiger partial charge in [-0.05, 0) is 49.3 Å². The van der Waals surface area contributed by atoms with E-state index in [0.717, 1.165) is 30.4 Å². The normalized spacial score (nSPS) is 15.9. The van der Waals surface area contributed by atoms with Gasteiger partial charge in [0.2, 0.25) is 0 Å². The zero-order chi connectivity index (χ0) is 18.7. The largest absolute Gasteiger partial charge is 0.483 e. The monoisotopic (exact) mass is 373 g/mol. The highest BCUT2D eigenvalue weighted by Crippen LogP contribution is 2.40. The molecule has 1 aromatic carbocycles. The number of hydrogen-bond acceptors (Lipinski definition) is 5. The Morgan fingerprint density at radius 3 is 2.81 bits per heavy atom. The third-order valence-corrected chi connectivity index (χ3v) is 5.78. The number of carbonyl (C=O) groups is 2. The van der Waals surface area contributed by atoms with Crippen LogP contribution in [0.1, 0.15) is 39.7 Å². The van der Waals surface area contributed by atoms with Crippen molar-refractivity contribution in [1.82, 2.24) is 0 Å². The summed E-state index contributed by atoms with van der Waals surface area (Å²) in [7, 11) is 1.37. The number of hydrogen-bond donors (Lipinski definition) is 1. The van der Waals surface area contributed by atoms with E-state index in [9.17, 15) is 9.59 Å². The minimum absolute atomic E-state index is 0.107. The Balaban J connectivity index is 1.75. The van der Waals surface area contributed by atoms with Gasteiger partial charge in [0.1, 0.15) is 10.8 Å². The van der Waals surface area contributed by atoms with Crippen molar-refractivity contribution in [2.45, 2.75) is 33.1 Å². The Kier molecular flexibility index (Phi) is 5.61. The Morgan fingerprint density at radius 1 is 1.31 bits per heavy atom. The molecule has 0 fully saturated rings. The van der Waals surface area contributed by atoms with Gasteiger partial charge in [-0.25, -0.2) is 4.79 Å². The van der Waals surface area contributed by atoms with E-state index in [2.05, 4.69) is 12.2 Å². The molecule has 1 heterocycles. The van der Waals surface area contributed by atoms with Crippen molar-refractivity contribution in [3.8, 4) is 5.75 Å². The highest BCUT2D eigenvalue weighted by molar-refractivity contribution is 7.17. The molecular weight excluding hydrogens is 350 g/mol. The molecule has 1 aromatic heterocycles. The Hall–Kier alpha value is -2.34. The standard InChI is InChI=1S/C20H23NO4S/c1-12-8-9-14-16(10-12)26-19(18(14)20(23)24-3)21-17(22)11-25-15-7-5-4-6-13(15)2/h4-7,12H,8-11H2,1-3H3,(H,21,22). The molecule has 2 aromatic rings. The van der Waals surface area contributed by atoms with E-state index in [4.69, 9.17) is 9.47 Å². The molecule has 0 aliphatic heterocycles. The fourth-order valence-corrected chi connectivity index (χ4v) is 4.60. The number of anilines is 1. The lowest BCUT2D eigenvalue weighted by atomic mass is 9.88. The molecule has 138 valence electrons. The molecule has 1 N–H and O–H groups in total. The van der Waals surface area contributed by atoms with Gasteiger partial charge < -0.3 is 14.8 Å². The second-order valence-electron chi connectivity index (χ2n) is 6.65. The fraction of sp³-hybridized carbons (Fsp3) is 0.400. The van der Waals surface area contributed by atoms with Gasteiger partial charge in [0.25, 0.3) is 5.91 Å². The van der Waals surface area contributed by atoms with Crippen molar-refractivity contribution in [3.05, 3.63) is 45.8 Å². The summed E-state index contributed by atoms with van der Waals surface area (Å²) in [5.74, 6) is 0.576. The van der Waals surface area contributed by atoms with Crippen molar-refractivity contribution < 1.29 is 19.1 Å². The molecule has 1 unspecified atom stereocenters. The molecule has 1 aliphatic carbocycles. The van der Waals surface area contributed by atoms with Crippen molar-refractivity contribution in [2.75, 3.05) is 19.0 Å². The van der Waals surface area contributed by atoms with Gasteiger partial charge in [-0.3, -0.25) is 4.79 Å². The van der Waals surface area contributed by atoms with Crippen molar-refractivity contribution in [1.29, 1.82) is 0 Å². The van der Waals surface area contributed by atoms with E-state index in [1.807, 2.05) is 31.2 Å². The lowest BCUT2D eigenvalue weighted by Gasteiger charge is -2.18. The van der Waals surface area contributed by atoms with Gasteiger partial charge in [0.05, 0.1) is 12.7 Å². The first-order valence-corrected chi connectivity index (χ1v) is 9.52. The first-order valence-electron chi connectivity index (χ1n) is 8.70. The van der Waals surface area contributed by atoms with E-state index in [1.165, 1.54) is 23.3 Å². The first kappa shape index (κ1) is 18.5. The van der Waals surface area contributed by atoms with Gasteiger partial charge >= 0.3 is 5.97 Å². The molecule has 0 saturated carbocycles. The maximum absolute atomic E-state index is 12.4. The van der Waals surface area contributed by atoms with Gasteiger partial charge in [-0.15, -0.1) is 11.3 Å². The molecule has 0 bridgehead atoms. The minimum atomic E-state index is -0.396. The summed E-state index contributed by atoms with van der Waals surface area (Å²) in [6.45, 7) is 4.02. The molecular formula is C20H23NO4S. The van der Waals surface area contributed by atoms with E-state index in [1.54, 1.807) is 0 Å². The average molecular weight is 373 g/mol. The number of aryl methyl sites for hydroxylation is 1. The number of fused-ring (bicyclic) bond motifs is 1. The number of nitrogens with one attached hydrogen (secondary N) is 1. The number of para-hydroxylation sites is 1. The Bertz CT molecular complexity index is 827. The topological polar surface area (TPSA) is 64.6 Å². The van der Waals surface area contributed by atoms with Crippen LogP contribution in [0.3, 0.4) is 0 Å². The van der Waals surface area contributed by atoms with Crippen LogP contribution in [0.25, 0.3) is 0 Å². The van der Waals surface area contributed by atoms with Crippen LogP contribution in [-0.2, 0) is 22.4 Å². The molecule has 1 atom stereocenters. The molecule has 1 amide bonds. The molecule has 1 aliphatic rings. The maximum atomic E-state index is 12.4. The Labute approximate surface area is 157 Å². The number of carbonyl (C=O) groups excluding carboxylic acids is 2. The number of methoxy groups -OCH3 is 1. The lowest BCUT2D eigenvalue weighted by molar-refractivity contribution is -0.118. The number of esters is 1. The molecule has 3 rings (SSSR count). The zero-order valence-corrected chi connectivity index (χ0v) is 16.1. The predicted octanol–water partition coefficient (Wildman–Crippen LogP) is 3.99. The van der Waals surface area contributed by atoms with E-state index in [-0.39, 0.29) is 12.5 Å². The molecule has 0 saturated heterocycles.